The molecule has 2 atom stereocenters. The molecule has 2 N–H and O–H groups in total. The molecule has 2 aliphatic carbocycles. The Morgan fingerprint density at radius 3 is 2.71 bits per heavy atom. The summed E-state index contributed by atoms with van der Waals surface area (Å²) in [6, 6.07) is 0. The van der Waals surface area contributed by atoms with Gasteiger partial charge in [-0.1, -0.05) is 35.0 Å². The zero-order valence-corrected chi connectivity index (χ0v) is 11.2. The summed E-state index contributed by atoms with van der Waals surface area (Å²) in [6.45, 7) is 3.67. The normalized spacial score (nSPS) is 31.8. The van der Waals surface area contributed by atoms with Crippen LogP contribution in [0.3, 0.4) is 0 Å². The lowest BCUT2D eigenvalue weighted by Crippen LogP contribution is -2.36. The highest BCUT2D eigenvalue weighted by Gasteiger charge is 2.43. The van der Waals surface area contributed by atoms with E-state index >= 15 is 0 Å². The van der Waals surface area contributed by atoms with Crippen LogP contribution in [-0.2, 0) is 4.79 Å². The van der Waals surface area contributed by atoms with Crippen LogP contribution in [0.1, 0.15) is 13.8 Å². The average Bonchev–Trinajstić information content (AvgIpc) is 2.22. The van der Waals surface area contributed by atoms with Crippen molar-refractivity contribution in [2.24, 2.45) is 11.3 Å². The molecule has 0 saturated carbocycles. The maximum absolute atomic E-state index is 11.3. The van der Waals surface area contributed by atoms with Crippen molar-refractivity contribution in [2.45, 2.75) is 13.8 Å². The van der Waals surface area contributed by atoms with E-state index in [9.17, 15) is 15.0 Å². The van der Waals surface area contributed by atoms with E-state index in [1.807, 2.05) is 25.2 Å². The zero-order valence-electron chi connectivity index (χ0n) is 9.57. The number of aliphatic hydroxyl groups is 1. The van der Waals surface area contributed by atoms with Crippen LogP contribution < -0.4 is 0 Å². The lowest BCUT2D eigenvalue weighted by molar-refractivity contribution is -0.142. The first-order chi connectivity index (χ1) is 7.86. The third-order valence-electron chi connectivity index (χ3n) is 3.45. The van der Waals surface area contributed by atoms with Crippen molar-refractivity contribution in [2.75, 3.05) is 0 Å². The van der Waals surface area contributed by atoms with Crippen LogP contribution in [0.15, 0.2) is 45.7 Å². The van der Waals surface area contributed by atoms with Crippen LogP contribution in [0.4, 0.5) is 0 Å². The SMILES string of the molecule is CC1=C2C=CC(Br)=CC2(C)C(C(=O)O)C=C1O. The number of aliphatic hydroxyl groups excluding tert-OH is 1. The monoisotopic (exact) mass is 296 g/mol. The average molecular weight is 297 g/mol. The Labute approximate surface area is 108 Å². The molecule has 0 heterocycles. The molecule has 0 bridgehead atoms. The van der Waals surface area contributed by atoms with Gasteiger partial charge in [0.2, 0.25) is 0 Å². The van der Waals surface area contributed by atoms with Gasteiger partial charge in [0.25, 0.3) is 0 Å². The van der Waals surface area contributed by atoms with E-state index in [0.29, 0.717) is 0 Å². The Kier molecular flexibility index (Phi) is 2.78. The van der Waals surface area contributed by atoms with Crippen molar-refractivity contribution >= 4 is 21.9 Å². The van der Waals surface area contributed by atoms with Gasteiger partial charge in [0.15, 0.2) is 0 Å². The second-order valence-corrected chi connectivity index (χ2v) is 5.47. The van der Waals surface area contributed by atoms with Gasteiger partial charge in [-0.25, -0.2) is 0 Å². The van der Waals surface area contributed by atoms with Gasteiger partial charge in [0, 0.05) is 9.90 Å². The van der Waals surface area contributed by atoms with Gasteiger partial charge < -0.3 is 10.2 Å². The molecule has 3 nitrogen and oxygen atoms in total. The topological polar surface area (TPSA) is 57.5 Å². The first-order valence-corrected chi connectivity index (χ1v) is 6.07. The van der Waals surface area contributed by atoms with Crippen LogP contribution in [-0.4, -0.2) is 16.2 Å². The lowest BCUT2D eigenvalue weighted by Gasteiger charge is -2.38. The van der Waals surface area contributed by atoms with Crippen LogP contribution in [0.2, 0.25) is 0 Å². The lowest BCUT2D eigenvalue weighted by atomic mass is 9.65. The smallest absolute Gasteiger partial charge is 0.311 e. The predicted molar refractivity (Wildman–Crippen MR) is 68.8 cm³/mol. The number of hydrogen-bond donors (Lipinski definition) is 2. The molecule has 0 fully saturated rings. The molecule has 0 spiro atoms. The molecule has 0 radical (unpaired) electrons. The molecule has 0 aromatic rings. The number of carbonyl (C=O) groups is 1. The molecular weight excluding hydrogens is 284 g/mol. The molecular formula is C13H13BrO3. The van der Waals surface area contributed by atoms with E-state index in [-0.39, 0.29) is 5.76 Å². The fourth-order valence-corrected chi connectivity index (χ4v) is 3.07. The predicted octanol–water partition coefficient (Wildman–Crippen LogP) is 3.31. The number of halogens is 1. The number of carboxylic acids is 1. The maximum Gasteiger partial charge on any atom is 0.311 e. The number of carboxylic acid groups (broad SMARTS) is 1. The van der Waals surface area contributed by atoms with Gasteiger partial charge in [-0.05, 0) is 30.2 Å². The van der Waals surface area contributed by atoms with Gasteiger partial charge in [-0.2, -0.15) is 0 Å². The zero-order chi connectivity index (χ0) is 12.8. The number of aliphatic carboxylic acids is 1. The van der Waals surface area contributed by atoms with E-state index < -0.39 is 17.3 Å². The van der Waals surface area contributed by atoms with Crippen LogP contribution in [0, 0.1) is 11.3 Å². The summed E-state index contributed by atoms with van der Waals surface area (Å²) in [4.78, 5) is 11.3. The molecule has 0 aliphatic heterocycles. The van der Waals surface area contributed by atoms with E-state index in [1.165, 1.54) is 6.08 Å². The summed E-state index contributed by atoms with van der Waals surface area (Å²) in [7, 11) is 0. The number of fused-ring (bicyclic) bond motifs is 1. The van der Waals surface area contributed by atoms with Crippen molar-refractivity contribution in [1.82, 2.24) is 0 Å². The third-order valence-corrected chi connectivity index (χ3v) is 3.95. The highest BCUT2D eigenvalue weighted by Crippen LogP contribution is 2.48. The Hall–Kier alpha value is -1.29. The quantitative estimate of drug-likeness (QED) is 0.780. The van der Waals surface area contributed by atoms with Gasteiger partial charge >= 0.3 is 5.97 Å². The van der Waals surface area contributed by atoms with Crippen molar-refractivity contribution in [3.63, 3.8) is 0 Å². The van der Waals surface area contributed by atoms with Crippen LogP contribution in [0.5, 0.6) is 0 Å². The van der Waals surface area contributed by atoms with Crippen molar-refractivity contribution < 1.29 is 15.0 Å². The highest BCUT2D eigenvalue weighted by atomic mass is 79.9. The standard InChI is InChI=1S/C13H13BrO3/c1-7-9-4-3-8(14)6-13(9,2)10(12(16)17)5-11(7)15/h3-6,10,15H,1-2H3,(H,16,17). The fourth-order valence-electron chi connectivity index (χ4n) is 2.46. The number of rotatable bonds is 1. The van der Waals surface area contributed by atoms with Crippen molar-refractivity contribution in [3.05, 3.63) is 45.7 Å². The number of hydrogen-bond acceptors (Lipinski definition) is 2. The molecule has 90 valence electrons. The molecule has 17 heavy (non-hydrogen) atoms. The van der Waals surface area contributed by atoms with Crippen LogP contribution >= 0.6 is 15.9 Å². The highest BCUT2D eigenvalue weighted by molar-refractivity contribution is 9.11. The third kappa shape index (κ3) is 1.76. The fraction of sp³-hybridized carbons (Fsp3) is 0.308. The molecule has 0 aromatic heterocycles. The van der Waals surface area contributed by atoms with Gasteiger partial charge in [-0.3, -0.25) is 4.79 Å². The van der Waals surface area contributed by atoms with Crippen molar-refractivity contribution in [3.8, 4) is 0 Å². The summed E-state index contributed by atoms with van der Waals surface area (Å²) >= 11 is 3.37. The Bertz CT molecular complexity index is 511. The molecule has 4 heteroatoms. The van der Waals surface area contributed by atoms with E-state index in [4.69, 9.17) is 0 Å². The molecule has 2 aliphatic rings. The minimum atomic E-state index is -0.934. The molecule has 2 unspecified atom stereocenters. The molecule has 0 aromatic carbocycles. The molecule has 0 saturated heterocycles. The summed E-state index contributed by atoms with van der Waals surface area (Å²) in [5.74, 6) is -1.63. The first kappa shape index (κ1) is 12.2. The van der Waals surface area contributed by atoms with Gasteiger partial charge in [0.05, 0.1) is 5.92 Å². The van der Waals surface area contributed by atoms with E-state index in [1.54, 1.807) is 6.92 Å². The van der Waals surface area contributed by atoms with E-state index in [0.717, 1.165) is 15.6 Å². The van der Waals surface area contributed by atoms with Gasteiger partial charge in [0.1, 0.15) is 5.76 Å². The Balaban J connectivity index is 2.65. The van der Waals surface area contributed by atoms with Crippen LogP contribution in [0.25, 0.3) is 0 Å². The van der Waals surface area contributed by atoms with Crippen molar-refractivity contribution in [1.29, 1.82) is 0 Å². The Morgan fingerprint density at radius 1 is 1.47 bits per heavy atom. The largest absolute Gasteiger partial charge is 0.508 e. The summed E-state index contributed by atoms with van der Waals surface area (Å²) < 4.78 is 0.859. The summed E-state index contributed by atoms with van der Waals surface area (Å²) in [5.41, 5.74) is 0.973. The van der Waals surface area contributed by atoms with E-state index in [2.05, 4.69) is 15.9 Å². The van der Waals surface area contributed by atoms with Gasteiger partial charge in [-0.15, -0.1) is 0 Å². The Morgan fingerprint density at radius 2 is 2.12 bits per heavy atom. The second-order valence-electron chi connectivity index (χ2n) is 4.55. The first-order valence-electron chi connectivity index (χ1n) is 5.28. The number of allylic oxidation sites excluding steroid dienone is 6. The minimum Gasteiger partial charge on any atom is -0.508 e. The summed E-state index contributed by atoms with van der Waals surface area (Å²) in [5, 5.41) is 19.1. The molecule has 0 amide bonds. The summed E-state index contributed by atoms with van der Waals surface area (Å²) in [6.07, 6.45) is 7.02. The second kappa shape index (κ2) is 3.88. The minimum absolute atomic E-state index is 0.0564. The molecule has 2 rings (SSSR count). The maximum atomic E-state index is 11.3.